The van der Waals surface area contributed by atoms with Crippen LogP contribution in [0.15, 0.2) is 47.4 Å². The first-order chi connectivity index (χ1) is 11.8. The number of sulfone groups is 1. The quantitative estimate of drug-likeness (QED) is 0.898. The minimum Gasteiger partial charge on any atom is -0.441 e. The first-order valence-corrected chi connectivity index (χ1v) is 9.38. The van der Waals surface area contributed by atoms with E-state index in [0.717, 1.165) is 6.26 Å². The van der Waals surface area contributed by atoms with Crippen LogP contribution >= 0.6 is 0 Å². The van der Waals surface area contributed by atoms with Crippen LogP contribution in [0.3, 0.4) is 0 Å². The van der Waals surface area contributed by atoms with Gasteiger partial charge in [0, 0.05) is 11.8 Å². The van der Waals surface area contributed by atoms with Crippen LogP contribution in [-0.2, 0) is 14.6 Å². The molecule has 8 heteroatoms. The lowest BCUT2D eigenvalue weighted by atomic mass is 10.0. The maximum absolute atomic E-state index is 14.5. The van der Waals surface area contributed by atoms with Gasteiger partial charge < -0.3 is 9.84 Å². The van der Waals surface area contributed by atoms with E-state index in [1.807, 2.05) is 0 Å². The molecule has 0 aliphatic carbocycles. The molecule has 1 saturated heterocycles. The Morgan fingerprint density at radius 2 is 1.92 bits per heavy atom. The number of anilines is 1. The summed E-state index contributed by atoms with van der Waals surface area (Å²) in [5, 5.41) is 9.05. The largest absolute Gasteiger partial charge is 0.441 e. The number of carbonyl (C=O) groups excluding carboxylic acids is 1. The Hall–Kier alpha value is -2.45. The van der Waals surface area contributed by atoms with Crippen molar-refractivity contribution >= 4 is 21.6 Å². The molecule has 6 nitrogen and oxygen atoms in total. The number of rotatable bonds is 4. The molecule has 0 radical (unpaired) electrons. The van der Waals surface area contributed by atoms with E-state index in [1.165, 1.54) is 41.3 Å². The highest BCUT2D eigenvalue weighted by molar-refractivity contribution is 7.90. The highest BCUT2D eigenvalue weighted by Crippen LogP contribution is 2.29. The first-order valence-electron chi connectivity index (χ1n) is 7.48. The number of hydrogen-bond donors (Lipinski definition) is 1. The SMILES string of the molecule is CS(=O)(=O)c1ccc(-c2ccc(N3C[C@H](CO)OC3=O)cc2F)cc1. The number of ether oxygens (including phenoxy) is 1. The Morgan fingerprint density at radius 1 is 1.24 bits per heavy atom. The van der Waals surface area contributed by atoms with E-state index in [2.05, 4.69) is 0 Å². The van der Waals surface area contributed by atoms with Crippen molar-refractivity contribution in [2.24, 2.45) is 0 Å². The second kappa shape index (κ2) is 6.45. The summed E-state index contributed by atoms with van der Waals surface area (Å²) in [6, 6.07) is 10.2. The summed E-state index contributed by atoms with van der Waals surface area (Å²) in [6.07, 6.45) is -0.158. The average Bonchev–Trinajstić information content (AvgIpc) is 2.95. The van der Waals surface area contributed by atoms with Crippen molar-refractivity contribution in [1.82, 2.24) is 0 Å². The molecule has 0 bridgehead atoms. The van der Waals surface area contributed by atoms with Crippen LogP contribution in [0.1, 0.15) is 0 Å². The molecule has 1 aliphatic heterocycles. The molecule has 1 heterocycles. The lowest BCUT2D eigenvalue weighted by molar-refractivity contribution is 0.0963. The number of hydrogen-bond acceptors (Lipinski definition) is 5. The van der Waals surface area contributed by atoms with Gasteiger partial charge in [-0.05, 0) is 35.9 Å². The smallest absolute Gasteiger partial charge is 0.414 e. The zero-order valence-corrected chi connectivity index (χ0v) is 14.2. The number of aliphatic hydroxyl groups is 1. The second-order valence-electron chi connectivity index (χ2n) is 5.76. The number of benzene rings is 2. The number of amides is 1. The van der Waals surface area contributed by atoms with Gasteiger partial charge >= 0.3 is 6.09 Å². The number of aliphatic hydroxyl groups excluding tert-OH is 1. The molecule has 1 aliphatic rings. The Bertz CT molecular complexity index is 911. The van der Waals surface area contributed by atoms with Crippen LogP contribution in [0.25, 0.3) is 11.1 Å². The van der Waals surface area contributed by atoms with E-state index in [-0.39, 0.29) is 23.6 Å². The molecule has 25 heavy (non-hydrogen) atoms. The van der Waals surface area contributed by atoms with Crippen LogP contribution in [0.2, 0.25) is 0 Å². The summed E-state index contributed by atoms with van der Waals surface area (Å²) < 4.78 is 42.4. The topological polar surface area (TPSA) is 83.9 Å². The van der Waals surface area contributed by atoms with E-state index in [9.17, 15) is 17.6 Å². The molecule has 0 saturated carbocycles. The molecule has 132 valence electrons. The summed E-state index contributed by atoms with van der Waals surface area (Å²) in [5.74, 6) is -0.551. The van der Waals surface area contributed by atoms with Gasteiger partial charge in [-0.25, -0.2) is 17.6 Å². The van der Waals surface area contributed by atoms with Gasteiger partial charge in [-0.1, -0.05) is 12.1 Å². The Balaban J connectivity index is 1.89. The normalized spacial score (nSPS) is 17.6. The molecule has 1 amide bonds. The number of carbonyl (C=O) groups is 1. The lowest BCUT2D eigenvalue weighted by Gasteiger charge is -2.14. The summed E-state index contributed by atoms with van der Waals surface area (Å²) in [5.41, 5.74) is 1.14. The molecule has 1 atom stereocenters. The van der Waals surface area contributed by atoms with Crippen LogP contribution < -0.4 is 4.90 Å². The van der Waals surface area contributed by atoms with Gasteiger partial charge in [-0.15, -0.1) is 0 Å². The molecule has 2 aromatic carbocycles. The number of cyclic esters (lactones) is 1. The van der Waals surface area contributed by atoms with Crippen molar-refractivity contribution in [3.63, 3.8) is 0 Å². The van der Waals surface area contributed by atoms with Crippen LogP contribution in [0.5, 0.6) is 0 Å². The monoisotopic (exact) mass is 365 g/mol. The maximum Gasteiger partial charge on any atom is 0.414 e. The van der Waals surface area contributed by atoms with Crippen molar-refractivity contribution in [1.29, 1.82) is 0 Å². The molecule has 1 fully saturated rings. The lowest BCUT2D eigenvalue weighted by Crippen LogP contribution is -2.25. The van der Waals surface area contributed by atoms with E-state index in [4.69, 9.17) is 9.84 Å². The minimum atomic E-state index is -3.32. The molecular formula is C17H16FNO5S. The van der Waals surface area contributed by atoms with Crippen molar-refractivity contribution in [3.05, 3.63) is 48.3 Å². The molecule has 3 rings (SSSR count). The van der Waals surface area contributed by atoms with Gasteiger partial charge in [-0.3, -0.25) is 4.90 Å². The van der Waals surface area contributed by atoms with Crippen molar-refractivity contribution < 1.29 is 27.4 Å². The summed E-state index contributed by atoms with van der Waals surface area (Å²) in [7, 11) is -3.32. The predicted molar refractivity (Wildman–Crippen MR) is 89.6 cm³/mol. The summed E-state index contributed by atoms with van der Waals surface area (Å²) in [4.78, 5) is 13.2. The zero-order chi connectivity index (χ0) is 18.2. The third-order valence-corrected chi connectivity index (χ3v) is 5.06. The summed E-state index contributed by atoms with van der Waals surface area (Å²) >= 11 is 0. The van der Waals surface area contributed by atoms with Crippen molar-refractivity contribution in [2.45, 2.75) is 11.0 Å². The fraction of sp³-hybridized carbons (Fsp3) is 0.235. The zero-order valence-electron chi connectivity index (χ0n) is 13.3. The number of halogens is 1. The second-order valence-corrected chi connectivity index (χ2v) is 7.78. The van der Waals surface area contributed by atoms with Gasteiger partial charge in [0.2, 0.25) is 0 Å². The van der Waals surface area contributed by atoms with E-state index in [1.54, 1.807) is 6.07 Å². The van der Waals surface area contributed by atoms with Gasteiger partial charge in [0.05, 0.1) is 23.7 Å². The van der Waals surface area contributed by atoms with Crippen LogP contribution in [0.4, 0.5) is 14.9 Å². The van der Waals surface area contributed by atoms with Crippen LogP contribution in [0, 0.1) is 5.82 Å². The van der Waals surface area contributed by atoms with E-state index in [0.29, 0.717) is 11.3 Å². The minimum absolute atomic E-state index is 0.150. The standard InChI is InChI=1S/C17H16FNO5S/c1-25(22,23)14-5-2-11(3-6-14)15-7-4-12(8-16(15)18)19-9-13(10-20)24-17(19)21/h2-8,13,20H,9-10H2,1H3/t13-/m1/s1. The number of nitrogens with zero attached hydrogens (tertiary/aromatic N) is 1. The fourth-order valence-electron chi connectivity index (χ4n) is 2.62. The maximum atomic E-state index is 14.5. The molecule has 0 unspecified atom stereocenters. The highest BCUT2D eigenvalue weighted by atomic mass is 32.2. The first kappa shape index (κ1) is 17.4. The van der Waals surface area contributed by atoms with Gasteiger partial charge in [0.1, 0.15) is 11.9 Å². The molecule has 2 aromatic rings. The van der Waals surface area contributed by atoms with Crippen LogP contribution in [-0.4, -0.2) is 45.1 Å². The van der Waals surface area contributed by atoms with Crippen molar-refractivity contribution in [2.75, 3.05) is 24.3 Å². The van der Waals surface area contributed by atoms with E-state index < -0.39 is 27.9 Å². The Labute approximate surface area is 144 Å². The third-order valence-electron chi connectivity index (χ3n) is 3.94. The molecule has 0 aromatic heterocycles. The molecular weight excluding hydrogens is 349 g/mol. The van der Waals surface area contributed by atoms with E-state index >= 15 is 0 Å². The molecule has 1 N–H and O–H groups in total. The summed E-state index contributed by atoms with van der Waals surface area (Å²) in [6.45, 7) is -0.146. The van der Waals surface area contributed by atoms with Gasteiger partial charge in [-0.2, -0.15) is 0 Å². The third kappa shape index (κ3) is 3.49. The van der Waals surface area contributed by atoms with Gasteiger partial charge in [0.25, 0.3) is 0 Å². The van der Waals surface area contributed by atoms with Crippen molar-refractivity contribution in [3.8, 4) is 11.1 Å². The average molecular weight is 365 g/mol. The Kier molecular flexibility index (Phi) is 4.49. The van der Waals surface area contributed by atoms with Gasteiger partial charge in [0.15, 0.2) is 9.84 Å². The fourth-order valence-corrected chi connectivity index (χ4v) is 3.25. The molecule has 0 spiro atoms. The highest BCUT2D eigenvalue weighted by Gasteiger charge is 2.32. The Morgan fingerprint density at radius 3 is 2.44 bits per heavy atom. The predicted octanol–water partition coefficient (Wildman–Crippen LogP) is 2.21.